The molecule has 2 aromatic rings. The van der Waals surface area contributed by atoms with Gasteiger partial charge in [0, 0.05) is 19.7 Å². The summed E-state index contributed by atoms with van der Waals surface area (Å²) in [6.07, 6.45) is 1.72. The number of carbonyl (C=O) groups is 1. The Morgan fingerprint density at radius 3 is 2.57 bits per heavy atom. The van der Waals surface area contributed by atoms with E-state index in [0.29, 0.717) is 13.2 Å². The fraction of sp³-hybridized carbons (Fsp3) is 0.500. The van der Waals surface area contributed by atoms with Crippen LogP contribution >= 0.6 is 0 Å². The molecule has 1 atom stereocenters. The van der Waals surface area contributed by atoms with Crippen LogP contribution in [0, 0.1) is 0 Å². The Hall–Kier alpha value is -1.99. The Kier molecular flexibility index (Phi) is 12.9. The van der Waals surface area contributed by atoms with Crippen LogP contribution in [0.3, 0.4) is 0 Å². The number of ether oxygens (including phenoxy) is 1. The molecular weight excluding hydrogens is 354 g/mol. The molecule has 1 unspecified atom stereocenters. The molecule has 0 heterocycles. The summed E-state index contributed by atoms with van der Waals surface area (Å²) in [6, 6.07) is 14.4. The number of nitrogens with two attached hydrogens (primary N) is 1. The summed E-state index contributed by atoms with van der Waals surface area (Å²) in [4.78, 5) is 11.7. The number of unbranched alkanes of at least 4 members (excludes halogenated alkanes) is 1. The van der Waals surface area contributed by atoms with Crippen LogP contribution in [0.25, 0.3) is 10.8 Å². The average Bonchev–Trinajstić information content (AvgIpc) is 2.71. The second kappa shape index (κ2) is 15.0. The molecule has 0 aliphatic heterocycles. The highest BCUT2D eigenvalue weighted by Crippen LogP contribution is 2.15. The van der Waals surface area contributed by atoms with E-state index in [-0.39, 0.29) is 25.6 Å². The van der Waals surface area contributed by atoms with Gasteiger partial charge in [0.2, 0.25) is 5.91 Å². The largest absolute Gasteiger partial charge is 0.389 e. The van der Waals surface area contributed by atoms with Crippen LogP contribution in [-0.2, 0) is 16.1 Å². The lowest BCUT2D eigenvalue weighted by Crippen LogP contribution is -2.39. The van der Waals surface area contributed by atoms with Gasteiger partial charge in [0.25, 0.3) is 0 Å². The third-order valence-electron chi connectivity index (χ3n) is 4.04. The molecule has 0 spiro atoms. The van der Waals surface area contributed by atoms with Crippen molar-refractivity contribution in [3.8, 4) is 0 Å². The van der Waals surface area contributed by atoms with Gasteiger partial charge in [-0.1, -0.05) is 49.7 Å². The zero-order valence-electron chi connectivity index (χ0n) is 17.1. The first-order valence-electron chi connectivity index (χ1n) is 10.0. The van der Waals surface area contributed by atoms with E-state index in [4.69, 9.17) is 10.5 Å². The molecule has 0 fully saturated rings. The summed E-state index contributed by atoms with van der Waals surface area (Å²) in [7, 11) is 0. The number of aliphatic hydroxyl groups is 1. The third kappa shape index (κ3) is 10.4. The molecule has 0 aromatic heterocycles. The maximum Gasteiger partial charge on any atom is 0.234 e. The lowest BCUT2D eigenvalue weighted by molar-refractivity contribution is -0.120. The molecule has 5 N–H and O–H groups in total. The van der Waals surface area contributed by atoms with Gasteiger partial charge in [0.15, 0.2) is 0 Å². The molecular formula is C22H35N3O3. The summed E-state index contributed by atoms with van der Waals surface area (Å²) in [5, 5.41) is 17.8. The minimum absolute atomic E-state index is 0.138. The molecule has 28 heavy (non-hydrogen) atoms. The van der Waals surface area contributed by atoms with Crippen LogP contribution in [0.1, 0.15) is 32.3 Å². The van der Waals surface area contributed by atoms with E-state index in [9.17, 15) is 9.90 Å². The van der Waals surface area contributed by atoms with Gasteiger partial charge in [-0.05, 0) is 42.3 Å². The van der Waals surface area contributed by atoms with E-state index in [2.05, 4.69) is 47.9 Å². The number of hydrogen-bond acceptors (Lipinski definition) is 5. The predicted molar refractivity (Wildman–Crippen MR) is 115 cm³/mol. The molecule has 0 radical (unpaired) electrons. The first-order chi connectivity index (χ1) is 13.6. The topological polar surface area (TPSA) is 96.6 Å². The smallest absolute Gasteiger partial charge is 0.234 e. The summed E-state index contributed by atoms with van der Waals surface area (Å²) in [5.41, 5.74) is 6.27. The number of benzene rings is 2. The Bertz CT molecular complexity index is 677. The number of nitrogens with one attached hydrogen (secondary N) is 2. The molecule has 1 amide bonds. The van der Waals surface area contributed by atoms with E-state index in [1.165, 1.54) is 23.6 Å². The molecule has 2 rings (SSSR count). The molecule has 0 bridgehead atoms. The number of rotatable bonds is 11. The number of fused-ring (bicyclic) bond motifs is 1. The van der Waals surface area contributed by atoms with Gasteiger partial charge in [-0.3, -0.25) is 4.79 Å². The van der Waals surface area contributed by atoms with E-state index in [0.717, 1.165) is 12.1 Å². The van der Waals surface area contributed by atoms with Gasteiger partial charge in [-0.2, -0.15) is 0 Å². The average molecular weight is 390 g/mol. The van der Waals surface area contributed by atoms with Crippen LogP contribution in [0.4, 0.5) is 0 Å². The number of carbonyl (C=O) groups excluding carboxylic acids is 1. The molecule has 2 aromatic carbocycles. The SMILES string of the molecule is CCCCN.CCOCC(O)CNC(=O)CNCc1ccc2ccccc2c1. The van der Waals surface area contributed by atoms with Crippen molar-refractivity contribution in [2.75, 3.05) is 32.8 Å². The van der Waals surface area contributed by atoms with Gasteiger partial charge >= 0.3 is 0 Å². The van der Waals surface area contributed by atoms with Gasteiger partial charge in [-0.15, -0.1) is 0 Å². The Labute approximate surface area is 168 Å². The lowest BCUT2D eigenvalue weighted by Gasteiger charge is -2.12. The van der Waals surface area contributed by atoms with Crippen LogP contribution < -0.4 is 16.4 Å². The lowest BCUT2D eigenvalue weighted by atomic mass is 10.1. The summed E-state index contributed by atoms with van der Waals surface area (Å²) >= 11 is 0. The van der Waals surface area contributed by atoms with Gasteiger partial charge in [-0.25, -0.2) is 0 Å². The molecule has 6 nitrogen and oxygen atoms in total. The Morgan fingerprint density at radius 2 is 1.93 bits per heavy atom. The van der Waals surface area contributed by atoms with E-state index in [1.807, 2.05) is 19.1 Å². The molecule has 156 valence electrons. The van der Waals surface area contributed by atoms with Crippen LogP contribution in [0.5, 0.6) is 0 Å². The standard InChI is InChI=1S/C18H24N2O3.C4H11N/c1-2-23-13-17(21)11-20-18(22)12-19-10-14-7-8-15-5-3-4-6-16(15)9-14;1-2-3-4-5/h3-9,17,19,21H,2,10-13H2,1H3,(H,20,22);2-5H2,1H3. The molecule has 0 saturated carbocycles. The van der Waals surface area contributed by atoms with Crippen molar-refractivity contribution < 1.29 is 14.6 Å². The van der Waals surface area contributed by atoms with Crippen molar-refractivity contribution in [1.82, 2.24) is 10.6 Å². The third-order valence-corrected chi connectivity index (χ3v) is 4.04. The maximum absolute atomic E-state index is 11.7. The molecule has 0 saturated heterocycles. The van der Waals surface area contributed by atoms with Crippen molar-refractivity contribution in [1.29, 1.82) is 0 Å². The van der Waals surface area contributed by atoms with Crippen molar-refractivity contribution in [2.45, 2.75) is 39.3 Å². The molecule has 6 heteroatoms. The van der Waals surface area contributed by atoms with Crippen molar-refractivity contribution in [2.24, 2.45) is 5.73 Å². The Balaban J connectivity index is 0.000000696. The highest BCUT2D eigenvalue weighted by Gasteiger charge is 2.06. The number of aliphatic hydroxyl groups excluding tert-OH is 1. The minimum Gasteiger partial charge on any atom is -0.389 e. The minimum atomic E-state index is -0.667. The highest BCUT2D eigenvalue weighted by atomic mass is 16.5. The van der Waals surface area contributed by atoms with Crippen LogP contribution in [0.2, 0.25) is 0 Å². The number of hydrogen-bond donors (Lipinski definition) is 4. The summed E-state index contributed by atoms with van der Waals surface area (Å²) in [5.74, 6) is -0.138. The zero-order valence-corrected chi connectivity index (χ0v) is 17.1. The van der Waals surface area contributed by atoms with E-state index in [1.54, 1.807) is 0 Å². The number of amides is 1. The summed E-state index contributed by atoms with van der Waals surface area (Å²) in [6.45, 7) is 6.68. The molecule has 0 aliphatic carbocycles. The fourth-order valence-electron chi connectivity index (χ4n) is 2.48. The van der Waals surface area contributed by atoms with Crippen molar-refractivity contribution in [3.63, 3.8) is 0 Å². The molecule has 0 aliphatic rings. The first kappa shape index (κ1) is 24.0. The van der Waals surface area contributed by atoms with E-state index < -0.39 is 6.10 Å². The fourth-order valence-corrected chi connectivity index (χ4v) is 2.48. The van der Waals surface area contributed by atoms with Gasteiger partial charge in [0.05, 0.1) is 19.3 Å². The van der Waals surface area contributed by atoms with Crippen LogP contribution in [-0.4, -0.2) is 50.0 Å². The normalized spacial score (nSPS) is 11.6. The summed E-state index contributed by atoms with van der Waals surface area (Å²) < 4.78 is 5.08. The van der Waals surface area contributed by atoms with Crippen molar-refractivity contribution >= 4 is 16.7 Å². The quantitative estimate of drug-likeness (QED) is 0.472. The van der Waals surface area contributed by atoms with E-state index >= 15 is 0 Å². The maximum atomic E-state index is 11.7. The first-order valence-corrected chi connectivity index (χ1v) is 10.0. The Morgan fingerprint density at radius 1 is 1.18 bits per heavy atom. The van der Waals surface area contributed by atoms with Crippen LogP contribution in [0.15, 0.2) is 42.5 Å². The monoisotopic (exact) mass is 389 g/mol. The van der Waals surface area contributed by atoms with Crippen molar-refractivity contribution in [3.05, 3.63) is 48.0 Å². The second-order valence-electron chi connectivity index (χ2n) is 6.54. The zero-order chi connectivity index (χ0) is 20.6. The highest BCUT2D eigenvalue weighted by molar-refractivity contribution is 5.83. The van der Waals surface area contributed by atoms with Gasteiger partial charge < -0.3 is 26.2 Å². The second-order valence-corrected chi connectivity index (χ2v) is 6.54. The predicted octanol–water partition coefficient (Wildman–Crippen LogP) is 2.19. The van der Waals surface area contributed by atoms with Gasteiger partial charge in [0.1, 0.15) is 0 Å².